The van der Waals surface area contributed by atoms with Crippen LogP contribution in [0.4, 0.5) is 14.6 Å². The molecule has 9 rings (SSSR count). The highest BCUT2D eigenvalue weighted by Crippen LogP contribution is 2.35. The second-order valence-electron chi connectivity index (χ2n) is 12.5. The van der Waals surface area contributed by atoms with E-state index in [4.69, 9.17) is 4.74 Å². The molecule has 1 saturated heterocycles. The molecule has 14 heteroatoms. The van der Waals surface area contributed by atoms with Gasteiger partial charge in [-0.15, -0.1) is 11.3 Å². The van der Waals surface area contributed by atoms with Crippen molar-refractivity contribution in [3.8, 4) is 22.7 Å². The molecule has 250 valence electrons. The number of pyridine rings is 1. The smallest absolute Gasteiger partial charge is 0.245 e. The Labute approximate surface area is 288 Å². The van der Waals surface area contributed by atoms with E-state index >= 15 is 0 Å². The molecule has 5 aromatic heterocycles. The summed E-state index contributed by atoms with van der Waals surface area (Å²) < 4.78 is 38.7. The zero-order valence-corrected chi connectivity index (χ0v) is 27.4. The number of carbonyl (C=O) groups excluding carboxylic acids is 1. The molecule has 11 nitrogen and oxygen atoms in total. The fraction of sp³-hybridized carbons (Fsp3) is 0.222. The summed E-state index contributed by atoms with van der Waals surface area (Å²) >= 11 is 1.49. The number of fused-ring (bicyclic) bond motifs is 6. The van der Waals surface area contributed by atoms with E-state index in [0.717, 1.165) is 34.4 Å². The van der Waals surface area contributed by atoms with Gasteiger partial charge in [-0.25, -0.2) is 33.4 Å². The first-order chi connectivity index (χ1) is 24.5. The van der Waals surface area contributed by atoms with E-state index in [2.05, 4.69) is 41.6 Å². The van der Waals surface area contributed by atoms with Gasteiger partial charge >= 0.3 is 0 Å². The maximum Gasteiger partial charge on any atom is 0.245 e. The average Bonchev–Trinajstić information content (AvgIpc) is 3.94. The largest absolute Gasteiger partial charge is 0.488 e. The maximum absolute atomic E-state index is 14.9. The van der Waals surface area contributed by atoms with E-state index in [9.17, 15) is 13.6 Å². The van der Waals surface area contributed by atoms with Crippen LogP contribution in [0.1, 0.15) is 24.2 Å². The molecule has 0 saturated carbocycles. The zero-order chi connectivity index (χ0) is 33.8. The quantitative estimate of drug-likeness (QED) is 0.226. The SMILES string of the molecule is O=C1[C@@H]2C[C@@H](CN2c2ncnc3c2cnn3-c2ccc(F)cc2F)Oc2cccc(c2)-c2cccc3ncc(n23)CCCN1Cc1cscn1. The van der Waals surface area contributed by atoms with Crippen molar-refractivity contribution in [1.82, 2.24) is 39.0 Å². The number of halogens is 2. The molecule has 7 heterocycles. The predicted molar refractivity (Wildman–Crippen MR) is 183 cm³/mol. The van der Waals surface area contributed by atoms with E-state index in [1.807, 2.05) is 51.7 Å². The summed E-state index contributed by atoms with van der Waals surface area (Å²) in [7, 11) is 0. The van der Waals surface area contributed by atoms with Crippen LogP contribution in [0.5, 0.6) is 5.75 Å². The van der Waals surface area contributed by atoms with Crippen LogP contribution < -0.4 is 9.64 Å². The highest BCUT2D eigenvalue weighted by molar-refractivity contribution is 7.07. The van der Waals surface area contributed by atoms with E-state index in [0.29, 0.717) is 61.5 Å². The van der Waals surface area contributed by atoms with Crippen molar-refractivity contribution < 1.29 is 18.3 Å². The van der Waals surface area contributed by atoms with Gasteiger partial charge in [0, 0.05) is 41.9 Å². The second-order valence-corrected chi connectivity index (χ2v) is 13.2. The van der Waals surface area contributed by atoms with Gasteiger partial charge in [0.2, 0.25) is 5.91 Å². The first-order valence-electron chi connectivity index (χ1n) is 16.3. The predicted octanol–water partition coefficient (Wildman–Crippen LogP) is 5.87. The van der Waals surface area contributed by atoms with Gasteiger partial charge in [0.15, 0.2) is 11.5 Å². The molecule has 50 heavy (non-hydrogen) atoms. The summed E-state index contributed by atoms with van der Waals surface area (Å²) in [5, 5.41) is 6.90. The third kappa shape index (κ3) is 5.32. The number of carbonyl (C=O) groups is 1. The van der Waals surface area contributed by atoms with Crippen LogP contribution in [-0.4, -0.2) is 70.2 Å². The Kier molecular flexibility index (Phi) is 7.45. The first kappa shape index (κ1) is 30.3. The third-order valence-corrected chi connectivity index (χ3v) is 9.98. The molecule has 0 radical (unpaired) electrons. The molecule has 0 spiro atoms. The summed E-state index contributed by atoms with van der Waals surface area (Å²) in [6.07, 6.45) is 6.29. The number of amides is 1. The third-order valence-electron chi connectivity index (χ3n) is 9.35. The van der Waals surface area contributed by atoms with E-state index in [1.54, 1.807) is 11.7 Å². The Hall–Kier alpha value is -5.76. The maximum atomic E-state index is 14.9. The standard InChI is InChI=1S/C36H29F2N9O2S/c37-23-9-10-31(29(38)13-23)47-35-28(16-43-47)34(40-20-41-35)45-18-27-14-32(45)36(48)44(17-24-19-50-21-42-24)11-3-5-25-15-39-33-8-2-7-30(46(25)33)22-4-1-6-26(12-22)49-27/h1-2,4,6-10,12-13,15-16,19-21,27,32H,3,5,11,14,17-18H2/t27-,32-/m0/s1. The number of ether oxygens (including phenoxy) is 1. The molecular formula is C36H29F2N9O2S. The number of nitrogens with zero attached hydrogens (tertiary/aromatic N) is 9. The number of imidazole rings is 1. The Bertz CT molecular complexity index is 2380. The van der Waals surface area contributed by atoms with Crippen molar-refractivity contribution in [2.75, 3.05) is 18.0 Å². The van der Waals surface area contributed by atoms with Gasteiger partial charge in [-0.1, -0.05) is 18.2 Å². The Morgan fingerprint density at radius 3 is 2.78 bits per heavy atom. The van der Waals surface area contributed by atoms with Crippen molar-refractivity contribution in [2.24, 2.45) is 0 Å². The lowest BCUT2D eigenvalue weighted by Gasteiger charge is -2.30. The number of benzene rings is 2. The lowest BCUT2D eigenvalue weighted by atomic mass is 10.1. The summed E-state index contributed by atoms with van der Waals surface area (Å²) in [4.78, 5) is 36.8. The van der Waals surface area contributed by atoms with Crippen molar-refractivity contribution in [3.63, 3.8) is 0 Å². The molecule has 2 atom stereocenters. The Morgan fingerprint density at radius 1 is 0.980 bits per heavy atom. The van der Waals surface area contributed by atoms with Gasteiger partial charge < -0.3 is 14.5 Å². The average molecular weight is 690 g/mol. The number of aromatic nitrogens is 7. The first-order valence-corrected chi connectivity index (χ1v) is 17.2. The second kappa shape index (κ2) is 12.3. The number of aryl methyl sites for hydroxylation is 1. The van der Waals surface area contributed by atoms with Crippen LogP contribution in [0, 0.1) is 11.6 Å². The van der Waals surface area contributed by atoms with Crippen LogP contribution in [0.3, 0.4) is 0 Å². The lowest BCUT2D eigenvalue weighted by molar-refractivity contribution is -0.133. The number of hydrogen-bond donors (Lipinski definition) is 0. The monoisotopic (exact) mass is 689 g/mol. The fourth-order valence-electron chi connectivity index (χ4n) is 7.10. The molecule has 0 aliphatic carbocycles. The molecule has 2 aliphatic heterocycles. The topological polar surface area (TPSA) is 107 Å². The number of thiazole rings is 1. The molecule has 7 aromatic rings. The number of rotatable bonds is 4. The molecule has 1 amide bonds. The number of anilines is 1. The minimum Gasteiger partial charge on any atom is -0.488 e. The normalized spacial score (nSPS) is 18.0. The molecule has 4 bridgehead atoms. The number of hydrogen-bond acceptors (Lipinski definition) is 9. The summed E-state index contributed by atoms with van der Waals surface area (Å²) in [6, 6.07) is 16.7. The van der Waals surface area contributed by atoms with Crippen molar-refractivity contribution in [2.45, 2.75) is 38.0 Å². The molecule has 2 aliphatic rings. The van der Waals surface area contributed by atoms with Crippen molar-refractivity contribution >= 4 is 39.7 Å². The van der Waals surface area contributed by atoms with Gasteiger partial charge in [-0.05, 0) is 49.2 Å². The lowest BCUT2D eigenvalue weighted by Crippen LogP contribution is -2.46. The van der Waals surface area contributed by atoms with Gasteiger partial charge in [0.05, 0.1) is 41.6 Å². The van der Waals surface area contributed by atoms with E-state index in [-0.39, 0.29) is 17.7 Å². The minimum absolute atomic E-state index is 0.0501. The molecule has 0 unspecified atom stereocenters. The molecule has 1 fully saturated rings. The minimum atomic E-state index is -0.773. The summed E-state index contributed by atoms with van der Waals surface area (Å²) in [5.41, 5.74) is 6.89. The molecule has 0 N–H and O–H groups in total. The fourth-order valence-corrected chi connectivity index (χ4v) is 7.65. The van der Waals surface area contributed by atoms with Crippen LogP contribution in [0.15, 0.2) is 90.3 Å². The van der Waals surface area contributed by atoms with Crippen LogP contribution in [0.2, 0.25) is 0 Å². The molecular weight excluding hydrogens is 661 g/mol. The van der Waals surface area contributed by atoms with Crippen LogP contribution in [0.25, 0.3) is 33.6 Å². The molecule has 2 aromatic carbocycles. The zero-order valence-electron chi connectivity index (χ0n) is 26.6. The summed E-state index contributed by atoms with van der Waals surface area (Å²) in [5.74, 6) is -0.377. The van der Waals surface area contributed by atoms with Gasteiger partial charge in [0.25, 0.3) is 0 Å². The Balaban J connectivity index is 1.14. The van der Waals surface area contributed by atoms with E-state index < -0.39 is 17.7 Å². The highest BCUT2D eigenvalue weighted by atomic mass is 32.1. The van der Waals surface area contributed by atoms with Crippen molar-refractivity contribution in [1.29, 1.82) is 0 Å². The van der Waals surface area contributed by atoms with Crippen LogP contribution in [-0.2, 0) is 17.8 Å². The summed E-state index contributed by atoms with van der Waals surface area (Å²) in [6.45, 7) is 1.21. The van der Waals surface area contributed by atoms with Crippen LogP contribution >= 0.6 is 11.3 Å². The highest BCUT2D eigenvalue weighted by Gasteiger charge is 2.42. The van der Waals surface area contributed by atoms with Gasteiger partial charge in [-0.3, -0.25) is 9.20 Å². The van der Waals surface area contributed by atoms with Gasteiger partial charge in [0.1, 0.15) is 47.2 Å². The Morgan fingerprint density at radius 2 is 1.90 bits per heavy atom. The van der Waals surface area contributed by atoms with Crippen molar-refractivity contribution in [3.05, 3.63) is 113 Å². The van der Waals surface area contributed by atoms with E-state index in [1.165, 1.54) is 34.5 Å². The van der Waals surface area contributed by atoms with Gasteiger partial charge in [-0.2, -0.15) is 5.10 Å².